The first-order valence-electron chi connectivity index (χ1n) is 12.9. The van der Waals surface area contributed by atoms with Crippen molar-refractivity contribution in [3.63, 3.8) is 0 Å². The van der Waals surface area contributed by atoms with Crippen LogP contribution in [0.2, 0.25) is 0 Å². The average Bonchev–Trinajstić information content (AvgIpc) is 2.84. The third-order valence-corrected chi connectivity index (χ3v) is 8.06. The Hall–Kier alpha value is -2.11. The van der Waals surface area contributed by atoms with Gasteiger partial charge in [0.25, 0.3) is 0 Å². The fraction of sp³-hybridized carbons (Fsp3) is 0.517. The first kappa shape index (κ1) is 28.1. The fourth-order valence-electron chi connectivity index (χ4n) is 4.00. The van der Waals surface area contributed by atoms with E-state index in [1.54, 1.807) is 12.1 Å². The molecule has 0 heterocycles. The second kappa shape index (κ2) is 15.7. The number of anilines is 1. The lowest BCUT2D eigenvalue weighted by Gasteiger charge is -2.17. The number of likely N-dealkylation sites (N-methyl/N-ethyl adjacent to an activating group) is 1. The van der Waals surface area contributed by atoms with Crippen LogP contribution in [0.3, 0.4) is 0 Å². The number of sulfone groups is 1. The van der Waals surface area contributed by atoms with Crippen LogP contribution < -0.4 is 4.90 Å². The standard InChI is InChI=1S/C29H43NO3S/c1-3-4-5-6-7-8-9-10-11-12-25-34(32,33)29-21-17-27(18-22-29)14-13-26-15-19-28(20-16-26)30(2)23-24-31/h13-22,31H,3-12,23-25H2,1-2H3. The molecule has 0 aliphatic heterocycles. The van der Waals surface area contributed by atoms with Crippen LogP contribution in [0.15, 0.2) is 53.4 Å². The first-order valence-corrected chi connectivity index (χ1v) is 14.5. The van der Waals surface area contributed by atoms with Crippen LogP contribution in [0.1, 0.15) is 82.3 Å². The van der Waals surface area contributed by atoms with Crippen LogP contribution in [0.5, 0.6) is 0 Å². The summed E-state index contributed by atoms with van der Waals surface area (Å²) >= 11 is 0. The zero-order chi connectivity index (χ0) is 24.7. The van der Waals surface area contributed by atoms with Crippen LogP contribution in [-0.2, 0) is 9.84 Å². The lowest BCUT2D eigenvalue weighted by atomic mass is 10.1. The lowest BCUT2D eigenvalue weighted by Crippen LogP contribution is -2.20. The molecule has 0 aliphatic rings. The SMILES string of the molecule is CCCCCCCCCCCCS(=O)(=O)c1ccc(C=Cc2ccc(N(C)CCO)cc2)cc1. The van der Waals surface area contributed by atoms with Gasteiger partial charge in [0, 0.05) is 19.3 Å². The molecule has 1 N–H and O–H groups in total. The van der Waals surface area contributed by atoms with Crippen LogP contribution in [-0.4, -0.2) is 39.5 Å². The van der Waals surface area contributed by atoms with Crippen molar-refractivity contribution in [2.24, 2.45) is 0 Å². The zero-order valence-electron chi connectivity index (χ0n) is 21.1. The van der Waals surface area contributed by atoms with E-state index in [1.807, 2.05) is 60.5 Å². The molecule has 5 heteroatoms. The summed E-state index contributed by atoms with van der Waals surface area (Å²) in [6.07, 6.45) is 16.0. The highest BCUT2D eigenvalue weighted by Gasteiger charge is 2.13. The summed E-state index contributed by atoms with van der Waals surface area (Å²) in [7, 11) is -1.26. The van der Waals surface area contributed by atoms with Gasteiger partial charge in [0.15, 0.2) is 9.84 Å². The maximum Gasteiger partial charge on any atom is 0.178 e. The summed E-state index contributed by atoms with van der Waals surface area (Å²) < 4.78 is 25.3. The summed E-state index contributed by atoms with van der Waals surface area (Å²) in [6.45, 7) is 2.97. The number of rotatable bonds is 17. The second-order valence-corrected chi connectivity index (χ2v) is 11.2. The fourth-order valence-corrected chi connectivity index (χ4v) is 5.37. The Balaban J connectivity index is 1.75. The van der Waals surface area contributed by atoms with Crippen molar-refractivity contribution < 1.29 is 13.5 Å². The van der Waals surface area contributed by atoms with Crippen molar-refractivity contribution in [3.05, 3.63) is 59.7 Å². The molecular formula is C29H43NO3S. The Bertz CT molecular complexity index is 934. The van der Waals surface area contributed by atoms with Crippen LogP contribution in [0, 0.1) is 0 Å². The molecule has 2 aromatic rings. The molecule has 0 atom stereocenters. The minimum absolute atomic E-state index is 0.128. The molecule has 0 fully saturated rings. The second-order valence-electron chi connectivity index (χ2n) is 9.14. The van der Waals surface area contributed by atoms with Crippen LogP contribution >= 0.6 is 0 Å². The molecule has 188 valence electrons. The van der Waals surface area contributed by atoms with E-state index in [0.29, 0.717) is 11.4 Å². The van der Waals surface area contributed by atoms with Gasteiger partial charge in [-0.1, -0.05) is 101 Å². The third-order valence-electron chi connectivity index (χ3n) is 6.24. The van der Waals surface area contributed by atoms with Crippen molar-refractivity contribution in [3.8, 4) is 0 Å². The number of benzene rings is 2. The topological polar surface area (TPSA) is 57.6 Å². The lowest BCUT2D eigenvalue weighted by molar-refractivity contribution is 0.304. The molecule has 34 heavy (non-hydrogen) atoms. The largest absolute Gasteiger partial charge is 0.395 e. The molecule has 4 nitrogen and oxygen atoms in total. The maximum atomic E-state index is 12.7. The molecule has 0 unspecified atom stereocenters. The van der Waals surface area contributed by atoms with E-state index < -0.39 is 9.84 Å². The Kier molecular flexibility index (Phi) is 13.0. The Labute approximate surface area is 207 Å². The third kappa shape index (κ3) is 10.4. The van der Waals surface area contributed by atoms with E-state index in [2.05, 4.69) is 6.92 Å². The van der Waals surface area contributed by atoms with E-state index in [9.17, 15) is 8.42 Å². The van der Waals surface area contributed by atoms with E-state index >= 15 is 0 Å². The molecule has 0 aliphatic carbocycles. The number of aliphatic hydroxyl groups excluding tert-OH is 1. The number of aliphatic hydroxyl groups is 1. The molecule has 0 saturated heterocycles. The Morgan fingerprint density at radius 3 is 1.71 bits per heavy atom. The molecule has 0 aromatic heterocycles. The summed E-state index contributed by atoms with van der Waals surface area (Å²) in [5.74, 6) is 0.232. The van der Waals surface area contributed by atoms with Gasteiger partial charge in [-0.05, 0) is 41.8 Å². The minimum atomic E-state index is -3.22. The predicted molar refractivity (Wildman–Crippen MR) is 146 cm³/mol. The van der Waals surface area contributed by atoms with E-state index in [0.717, 1.165) is 36.1 Å². The van der Waals surface area contributed by atoms with E-state index in [-0.39, 0.29) is 12.4 Å². The molecule has 0 spiro atoms. The molecular weight excluding hydrogens is 442 g/mol. The Morgan fingerprint density at radius 1 is 0.735 bits per heavy atom. The molecule has 2 rings (SSSR count). The van der Waals surface area contributed by atoms with Gasteiger partial charge >= 0.3 is 0 Å². The van der Waals surface area contributed by atoms with E-state index in [4.69, 9.17) is 5.11 Å². The smallest absolute Gasteiger partial charge is 0.178 e. The van der Waals surface area contributed by atoms with Gasteiger partial charge in [0.05, 0.1) is 17.3 Å². The van der Waals surface area contributed by atoms with Crippen molar-refractivity contribution >= 4 is 27.7 Å². The average molecular weight is 486 g/mol. The maximum absolute atomic E-state index is 12.7. The van der Waals surface area contributed by atoms with Gasteiger partial charge in [-0.3, -0.25) is 0 Å². The summed E-state index contributed by atoms with van der Waals surface area (Å²) in [5, 5.41) is 9.05. The molecule has 0 saturated carbocycles. The van der Waals surface area contributed by atoms with Gasteiger partial charge in [-0.25, -0.2) is 8.42 Å². The van der Waals surface area contributed by atoms with Crippen molar-refractivity contribution in [2.75, 3.05) is 30.9 Å². The van der Waals surface area contributed by atoms with Gasteiger partial charge in [0.2, 0.25) is 0 Å². The van der Waals surface area contributed by atoms with Crippen LogP contribution in [0.4, 0.5) is 5.69 Å². The molecule has 0 amide bonds. The number of unbranched alkanes of at least 4 members (excludes halogenated alkanes) is 9. The predicted octanol–water partition coefficient (Wildman–Crippen LogP) is 6.98. The van der Waals surface area contributed by atoms with Crippen molar-refractivity contribution in [1.29, 1.82) is 0 Å². The van der Waals surface area contributed by atoms with Gasteiger partial charge in [-0.15, -0.1) is 0 Å². The highest BCUT2D eigenvalue weighted by Crippen LogP contribution is 2.18. The monoisotopic (exact) mass is 485 g/mol. The summed E-state index contributed by atoms with van der Waals surface area (Å²) in [6, 6.07) is 15.3. The number of hydrogen-bond donors (Lipinski definition) is 1. The quantitative estimate of drug-likeness (QED) is 0.194. The summed E-state index contributed by atoms with van der Waals surface area (Å²) in [4.78, 5) is 2.42. The van der Waals surface area contributed by atoms with E-state index in [1.165, 1.54) is 44.9 Å². The highest BCUT2D eigenvalue weighted by atomic mass is 32.2. The van der Waals surface area contributed by atoms with Gasteiger partial charge in [-0.2, -0.15) is 0 Å². The zero-order valence-corrected chi connectivity index (χ0v) is 21.9. The molecule has 0 radical (unpaired) electrons. The van der Waals surface area contributed by atoms with Gasteiger partial charge < -0.3 is 10.0 Å². The van der Waals surface area contributed by atoms with Crippen molar-refractivity contribution in [2.45, 2.75) is 76.0 Å². The highest BCUT2D eigenvalue weighted by molar-refractivity contribution is 7.91. The normalized spacial score (nSPS) is 11.9. The Morgan fingerprint density at radius 2 is 1.21 bits per heavy atom. The molecule has 2 aromatic carbocycles. The van der Waals surface area contributed by atoms with Crippen molar-refractivity contribution in [1.82, 2.24) is 0 Å². The first-order chi connectivity index (χ1) is 16.5. The van der Waals surface area contributed by atoms with Crippen LogP contribution in [0.25, 0.3) is 12.2 Å². The van der Waals surface area contributed by atoms with Gasteiger partial charge in [0.1, 0.15) is 0 Å². The molecule has 0 bridgehead atoms. The number of nitrogens with zero attached hydrogens (tertiary/aromatic N) is 1. The summed E-state index contributed by atoms with van der Waals surface area (Å²) in [5.41, 5.74) is 3.10. The minimum Gasteiger partial charge on any atom is -0.395 e. The number of hydrogen-bond acceptors (Lipinski definition) is 4.